The molecule has 15 heavy (non-hydrogen) atoms. The van der Waals surface area contributed by atoms with Gasteiger partial charge in [0, 0.05) is 6.92 Å². The first-order valence-electron chi connectivity index (χ1n) is 5.98. The molecule has 0 rings (SSSR count). The van der Waals surface area contributed by atoms with Crippen molar-refractivity contribution in [2.24, 2.45) is 0 Å². The first-order chi connectivity index (χ1) is 7.16. The van der Waals surface area contributed by atoms with Crippen LogP contribution in [0.4, 0.5) is 0 Å². The van der Waals surface area contributed by atoms with Crippen LogP contribution in [-0.4, -0.2) is 23.8 Å². The van der Waals surface area contributed by atoms with Gasteiger partial charge in [-0.3, -0.25) is 4.79 Å². The highest BCUT2D eigenvalue weighted by molar-refractivity contribution is 5.65. The second-order valence-electron chi connectivity index (χ2n) is 3.99. The van der Waals surface area contributed by atoms with E-state index in [2.05, 4.69) is 6.92 Å². The number of aliphatic hydroxyl groups excluding tert-OH is 1. The fourth-order valence-corrected chi connectivity index (χ4v) is 1.49. The summed E-state index contributed by atoms with van der Waals surface area (Å²) in [6, 6.07) is 0. The highest BCUT2D eigenvalue weighted by Crippen LogP contribution is 2.09. The van der Waals surface area contributed by atoms with Gasteiger partial charge in [0.1, 0.15) is 0 Å². The molecule has 0 aliphatic heterocycles. The fourth-order valence-electron chi connectivity index (χ4n) is 1.49. The van der Waals surface area contributed by atoms with Crippen LogP contribution in [0.2, 0.25) is 0 Å². The summed E-state index contributed by atoms with van der Waals surface area (Å²) in [7, 11) is 0. The molecule has 3 heteroatoms. The number of carbonyl (C=O) groups excluding carboxylic acids is 1. The van der Waals surface area contributed by atoms with Gasteiger partial charge in [-0.05, 0) is 19.3 Å². The molecule has 0 saturated heterocycles. The van der Waals surface area contributed by atoms with Gasteiger partial charge in [0.2, 0.25) is 0 Å². The van der Waals surface area contributed by atoms with E-state index in [-0.39, 0.29) is 12.1 Å². The van der Waals surface area contributed by atoms with Crippen LogP contribution in [0.1, 0.15) is 58.8 Å². The van der Waals surface area contributed by atoms with Crippen LogP contribution in [0.15, 0.2) is 0 Å². The van der Waals surface area contributed by atoms with Crippen molar-refractivity contribution in [3.05, 3.63) is 0 Å². The number of hydrogen-bond acceptors (Lipinski definition) is 3. The fraction of sp³-hybridized carbons (Fsp3) is 0.917. The number of hydrogen-bond donors (Lipinski definition) is 1. The number of aliphatic hydroxyl groups is 1. The second kappa shape index (κ2) is 9.97. The Morgan fingerprint density at radius 2 is 1.87 bits per heavy atom. The molecule has 0 aromatic rings. The van der Waals surface area contributed by atoms with E-state index in [1.54, 1.807) is 0 Å². The molecule has 0 aliphatic carbocycles. The van der Waals surface area contributed by atoms with Crippen LogP contribution >= 0.6 is 0 Å². The molecule has 0 aromatic carbocycles. The number of rotatable bonds is 9. The minimum atomic E-state index is -0.243. The third-order valence-electron chi connectivity index (χ3n) is 2.38. The topological polar surface area (TPSA) is 46.5 Å². The minimum absolute atomic E-state index is 0.225. The summed E-state index contributed by atoms with van der Waals surface area (Å²) >= 11 is 0. The van der Waals surface area contributed by atoms with E-state index in [1.807, 2.05) is 0 Å². The third-order valence-corrected chi connectivity index (χ3v) is 2.38. The summed E-state index contributed by atoms with van der Waals surface area (Å²) in [5.74, 6) is -0.243. The van der Waals surface area contributed by atoms with Gasteiger partial charge in [-0.2, -0.15) is 0 Å². The molecule has 0 bridgehead atoms. The van der Waals surface area contributed by atoms with E-state index in [0.717, 1.165) is 25.7 Å². The first kappa shape index (κ1) is 14.4. The van der Waals surface area contributed by atoms with Crippen LogP contribution < -0.4 is 0 Å². The van der Waals surface area contributed by atoms with Crippen molar-refractivity contribution in [2.75, 3.05) is 6.61 Å². The Kier molecular flexibility index (Phi) is 9.59. The summed E-state index contributed by atoms with van der Waals surface area (Å²) in [4.78, 5) is 10.4. The average molecular weight is 216 g/mol. The number of carbonyl (C=O) groups is 1. The van der Waals surface area contributed by atoms with Crippen molar-refractivity contribution in [3.63, 3.8) is 0 Å². The van der Waals surface area contributed by atoms with E-state index in [4.69, 9.17) is 4.74 Å². The molecular weight excluding hydrogens is 192 g/mol. The lowest BCUT2D eigenvalue weighted by Gasteiger charge is -2.09. The zero-order valence-electron chi connectivity index (χ0n) is 10.00. The highest BCUT2D eigenvalue weighted by atomic mass is 16.5. The zero-order chi connectivity index (χ0) is 11.5. The molecule has 0 unspecified atom stereocenters. The number of unbranched alkanes of at least 4 members (excludes halogenated alkanes) is 3. The van der Waals surface area contributed by atoms with Crippen molar-refractivity contribution in [3.8, 4) is 0 Å². The lowest BCUT2D eigenvalue weighted by Crippen LogP contribution is -2.09. The molecule has 0 aromatic heterocycles. The molecule has 0 amide bonds. The van der Waals surface area contributed by atoms with E-state index < -0.39 is 0 Å². The predicted molar refractivity (Wildman–Crippen MR) is 60.6 cm³/mol. The first-order valence-corrected chi connectivity index (χ1v) is 5.98. The third kappa shape index (κ3) is 11.4. The Morgan fingerprint density at radius 1 is 1.20 bits per heavy atom. The van der Waals surface area contributed by atoms with Crippen LogP contribution in [0, 0.1) is 0 Å². The molecule has 0 fully saturated rings. The Balaban J connectivity index is 3.18. The Bertz CT molecular complexity index is 157. The molecule has 3 nitrogen and oxygen atoms in total. The molecule has 1 atom stereocenters. The maximum absolute atomic E-state index is 10.4. The summed E-state index contributed by atoms with van der Waals surface area (Å²) < 4.78 is 4.79. The summed E-state index contributed by atoms with van der Waals surface area (Å²) in [5, 5.41) is 9.57. The normalized spacial score (nSPS) is 12.5. The Labute approximate surface area is 92.8 Å². The molecule has 0 aliphatic rings. The van der Waals surface area contributed by atoms with Gasteiger partial charge in [0.15, 0.2) is 0 Å². The van der Waals surface area contributed by atoms with E-state index in [1.165, 1.54) is 26.2 Å². The Hall–Kier alpha value is -0.570. The standard InChI is InChI=1S/C12H24O3/c1-3-4-5-6-8-12(14)9-7-10-15-11(2)13/h12,14H,3-10H2,1-2H3/t12-/m1/s1. The highest BCUT2D eigenvalue weighted by Gasteiger charge is 2.03. The predicted octanol–water partition coefficient (Wildman–Crippen LogP) is 2.66. The van der Waals surface area contributed by atoms with Crippen molar-refractivity contribution in [1.29, 1.82) is 0 Å². The van der Waals surface area contributed by atoms with Crippen molar-refractivity contribution >= 4 is 5.97 Å². The van der Waals surface area contributed by atoms with Gasteiger partial charge in [0.25, 0.3) is 0 Å². The van der Waals surface area contributed by atoms with Crippen LogP contribution in [0.5, 0.6) is 0 Å². The zero-order valence-corrected chi connectivity index (χ0v) is 10.00. The lowest BCUT2D eigenvalue weighted by molar-refractivity contribution is -0.141. The SMILES string of the molecule is CCCCCC[C@@H](O)CCCOC(C)=O. The quantitative estimate of drug-likeness (QED) is 0.476. The summed E-state index contributed by atoms with van der Waals surface area (Å²) in [6.45, 7) is 4.01. The largest absolute Gasteiger partial charge is 0.466 e. The van der Waals surface area contributed by atoms with E-state index >= 15 is 0 Å². The summed E-state index contributed by atoms with van der Waals surface area (Å²) in [5.41, 5.74) is 0. The smallest absolute Gasteiger partial charge is 0.302 e. The van der Waals surface area contributed by atoms with Gasteiger partial charge in [-0.1, -0.05) is 32.6 Å². The van der Waals surface area contributed by atoms with Crippen LogP contribution in [0.25, 0.3) is 0 Å². The molecule has 0 heterocycles. The molecule has 0 saturated carbocycles. The average Bonchev–Trinajstić information content (AvgIpc) is 2.19. The van der Waals surface area contributed by atoms with E-state index in [0.29, 0.717) is 6.61 Å². The molecule has 1 N–H and O–H groups in total. The molecular formula is C12H24O3. The van der Waals surface area contributed by atoms with Crippen molar-refractivity contribution in [1.82, 2.24) is 0 Å². The molecule has 0 radical (unpaired) electrons. The van der Waals surface area contributed by atoms with Crippen molar-refractivity contribution in [2.45, 2.75) is 64.9 Å². The number of ether oxygens (including phenoxy) is 1. The monoisotopic (exact) mass is 216 g/mol. The van der Waals surface area contributed by atoms with E-state index in [9.17, 15) is 9.90 Å². The van der Waals surface area contributed by atoms with Gasteiger partial charge < -0.3 is 9.84 Å². The van der Waals surface area contributed by atoms with Gasteiger partial charge >= 0.3 is 5.97 Å². The molecule has 0 spiro atoms. The number of esters is 1. The van der Waals surface area contributed by atoms with Gasteiger partial charge in [0.05, 0.1) is 12.7 Å². The second-order valence-corrected chi connectivity index (χ2v) is 3.99. The van der Waals surface area contributed by atoms with Gasteiger partial charge in [-0.15, -0.1) is 0 Å². The maximum Gasteiger partial charge on any atom is 0.302 e. The van der Waals surface area contributed by atoms with Crippen LogP contribution in [0.3, 0.4) is 0 Å². The Morgan fingerprint density at radius 3 is 2.47 bits per heavy atom. The van der Waals surface area contributed by atoms with Crippen molar-refractivity contribution < 1.29 is 14.6 Å². The van der Waals surface area contributed by atoms with Gasteiger partial charge in [-0.25, -0.2) is 0 Å². The van der Waals surface area contributed by atoms with Crippen LogP contribution in [-0.2, 0) is 9.53 Å². The lowest BCUT2D eigenvalue weighted by atomic mass is 10.1. The molecule has 90 valence electrons. The summed E-state index contributed by atoms with van der Waals surface area (Å²) in [6.07, 6.45) is 6.92. The minimum Gasteiger partial charge on any atom is -0.466 e. The maximum atomic E-state index is 10.4.